The van der Waals surface area contributed by atoms with Gasteiger partial charge in [0.05, 0.1) is 7.11 Å². The van der Waals surface area contributed by atoms with E-state index < -0.39 is 5.25 Å². The molecule has 1 aromatic carbocycles. The van der Waals surface area contributed by atoms with Crippen LogP contribution >= 0.6 is 11.8 Å². The molecule has 24 heavy (non-hydrogen) atoms. The lowest BCUT2D eigenvalue weighted by molar-refractivity contribution is -0.139. The van der Waals surface area contributed by atoms with Gasteiger partial charge in [0.1, 0.15) is 11.1 Å². The summed E-state index contributed by atoms with van der Waals surface area (Å²) in [6, 6.07) is 6.14. The van der Waals surface area contributed by atoms with Crippen LogP contribution in [0.25, 0.3) is 0 Å². The molecule has 0 amide bonds. The molecule has 1 atom stereocenters. The maximum Gasteiger partial charge on any atom is 0.318 e. The van der Waals surface area contributed by atoms with E-state index in [1.165, 1.54) is 35.6 Å². The molecule has 7 heteroatoms. The summed E-state index contributed by atoms with van der Waals surface area (Å²) in [5.41, 5.74) is 1.59. The largest absolute Gasteiger partial charge is 0.468 e. The highest BCUT2D eigenvalue weighted by molar-refractivity contribution is 8.00. The number of rotatable bonds is 5. The van der Waals surface area contributed by atoms with Gasteiger partial charge in [-0.1, -0.05) is 23.9 Å². The van der Waals surface area contributed by atoms with Gasteiger partial charge in [-0.05, 0) is 31.5 Å². The molecule has 128 valence electrons. The lowest BCUT2D eigenvalue weighted by Gasteiger charge is -2.14. The molecule has 0 aliphatic rings. The standard InChI is InChI=1S/C17H19FN2O3S/c1-10-14(9-12-6-5-7-13(18)8-12)15(21)20(3)17(19-10)24-11(2)16(22)23-4/h5-8,11H,9H2,1-4H3/t11-/m1/s1. The molecule has 1 aromatic heterocycles. The van der Waals surface area contributed by atoms with Crippen LogP contribution in [0.3, 0.4) is 0 Å². The molecule has 0 radical (unpaired) electrons. The van der Waals surface area contributed by atoms with Gasteiger partial charge in [0.2, 0.25) is 0 Å². The number of ether oxygens (including phenoxy) is 1. The minimum Gasteiger partial charge on any atom is -0.468 e. The zero-order valence-corrected chi connectivity index (χ0v) is 14.8. The zero-order valence-electron chi connectivity index (χ0n) is 14.0. The second-order valence-electron chi connectivity index (χ2n) is 5.41. The quantitative estimate of drug-likeness (QED) is 0.471. The summed E-state index contributed by atoms with van der Waals surface area (Å²) in [4.78, 5) is 28.6. The molecule has 5 nitrogen and oxygen atoms in total. The van der Waals surface area contributed by atoms with Crippen LogP contribution in [0.4, 0.5) is 4.39 Å². The van der Waals surface area contributed by atoms with Crippen molar-refractivity contribution in [3.8, 4) is 0 Å². The summed E-state index contributed by atoms with van der Waals surface area (Å²) >= 11 is 1.17. The van der Waals surface area contributed by atoms with E-state index in [1.807, 2.05) is 0 Å². The first-order valence-corrected chi connectivity index (χ1v) is 8.27. The van der Waals surface area contributed by atoms with Crippen LogP contribution in [0.15, 0.2) is 34.2 Å². The Morgan fingerprint density at radius 3 is 2.79 bits per heavy atom. The minimum atomic E-state index is -0.471. The van der Waals surface area contributed by atoms with Crippen molar-refractivity contribution in [2.75, 3.05) is 7.11 Å². The summed E-state index contributed by atoms with van der Waals surface area (Å²) in [5, 5.41) is -0.0278. The van der Waals surface area contributed by atoms with E-state index in [-0.39, 0.29) is 17.3 Å². The zero-order chi connectivity index (χ0) is 17.9. The molecule has 0 saturated carbocycles. The first-order valence-electron chi connectivity index (χ1n) is 7.39. The monoisotopic (exact) mass is 350 g/mol. The third-order valence-corrected chi connectivity index (χ3v) is 4.76. The van der Waals surface area contributed by atoms with Crippen molar-refractivity contribution in [1.29, 1.82) is 0 Å². The number of aryl methyl sites for hydroxylation is 1. The van der Waals surface area contributed by atoms with Gasteiger partial charge in [-0.15, -0.1) is 0 Å². The molecular formula is C17H19FN2O3S. The molecule has 2 rings (SSSR count). The van der Waals surface area contributed by atoms with Crippen molar-refractivity contribution in [3.05, 3.63) is 57.3 Å². The Bertz CT molecular complexity index is 820. The topological polar surface area (TPSA) is 61.2 Å². The second kappa shape index (κ2) is 7.61. The van der Waals surface area contributed by atoms with E-state index in [1.54, 1.807) is 33.0 Å². The van der Waals surface area contributed by atoms with E-state index >= 15 is 0 Å². The van der Waals surface area contributed by atoms with Crippen LogP contribution in [-0.4, -0.2) is 27.9 Å². The average molecular weight is 350 g/mol. The summed E-state index contributed by atoms with van der Waals surface area (Å²) in [7, 11) is 2.93. The molecule has 0 N–H and O–H groups in total. The fourth-order valence-corrected chi connectivity index (χ4v) is 3.20. The number of esters is 1. The first kappa shape index (κ1) is 18.2. The highest BCUT2D eigenvalue weighted by atomic mass is 32.2. The predicted molar refractivity (Wildman–Crippen MR) is 90.8 cm³/mol. The third kappa shape index (κ3) is 4.03. The number of halogens is 1. The van der Waals surface area contributed by atoms with E-state index in [9.17, 15) is 14.0 Å². The van der Waals surface area contributed by atoms with Gasteiger partial charge in [-0.2, -0.15) is 0 Å². The lowest BCUT2D eigenvalue weighted by atomic mass is 10.1. The Hall–Kier alpha value is -2.15. The van der Waals surface area contributed by atoms with Gasteiger partial charge < -0.3 is 4.74 Å². The van der Waals surface area contributed by atoms with Crippen LogP contribution in [-0.2, 0) is 23.0 Å². The van der Waals surface area contributed by atoms with Gasteiger partial charge in [0, 0.05) is 24.7 Å². The van der Waals surface area contributed by atoms with E-state index in [0.717, 1.165) is 0 Å². The van der Waals surface area contributed by atoms with Gasteiger partial charge >= 0.3 is 5.97 Å². The minimum absolute atomic E-state index is 0.202. The van der Waals surface area contributed by atoms with Gasteiger partial charge in [0.25, 0.3) is 5.56 Å². The lowest BCUT2D eigenvalue weighted by Crippen LogP contribution is -2.27. The highest BCUT2D eigenvalue weighted by Gasteiger charge is 2.19. The first-order chi connectivity index (χ1) is 11.3. The van der Waals surface area contributed by atoms with Crippen molar-refractivity contribution in [1.82, 2.24) is 9.55 Å². The maximum atomic E-state index is 13.3. The van der Waals surface area contributed by atoms with Gasteiger partial charge in [-0.25, -0.2) is 9.37 Å². The molecule has 0 unspecified atom stereocenters. The third-order valence-electron chi connectivity index (χ3n) is 3.64. The summed E-state index contributed by atoms with van der Waals surface area (Å²) in [6.45, 7) is 3.43. The average Bonchev–Trinajstić information content (AvgIpc) is 2.55. The van der Waals surface area contributed by atoms with Crippen molar-refractivity contribution in [2.45, 2.75) is 30.7 Å². The maximum absolute atomic E-state index is 13.3. The number of aromatic nitrogens is 2. The van der Waals surface area contributed by atoms with Crippen molar-refractivity contribution < 1.29 is 13.9 Å². The van der Waals surface area contributed by atoms with Crippen molar-refractivity contribution in [2.24, 2.45) is 7.05 Å². The van der Waals surface area contributed by atoms with Crippen molar-refractivity contribution >= 4 is 17.7 Å². The number of benzene rings is 1. The molecule has 0 spiro atoms. The molecule has 0 aliphatic heterocycles. The van der Waals surface area contributed by atoms with Crippen LogP contribution in [0.1, 0.15) is 23.7 Å². The van der Waals surface area contributed by atoms with E-state index in [4.69, 9.17) is 0 Å². The van der Waals surface area contributed by atoms with Crippen molar-refractivity contribution in [3.63, 3.8) is 0 Å². The molecule has 0 aliphatic carbocycles. The number of thioether (sulfide) groups is 1. The fourth-order valence-electron chi connectivity index (χ4n) is 2.26. The van der Waals surface area contributed by atoms with Gasteiger partial charge in [-0.3, -0.25) is 14.2 Å². The molecular weight excluding hydrogens is 331 g/mol. The number of carbonyl (C=O) groups excluding carboxylic acids is 1. The molecule has 2 aromatic rings. The number of carbonyl (C=O) groups is 1. The summed E-state index contributed by atoms with van der Waals surface area (Å²) < 4.78 is 19.4. The fraction of sp³-hybridized carbons (Fsp3) is 0.353. The predicted octanol–water partition coefficient (Wildman–Crippen LogP) is 2.47. The Morgan fingerprint density at radius 1 is 1.46 bits per heavy atom. The molecule has 0 saturated heterocycles. The Balaban J connectivity index is 2.34. The number of nitrogens with zero attached hydrogens (tertiary/aromatic N) is 2. The van der Waals surface area contributed by atoms with Crippen LogP contribution in [0.2, 0.25) is 0 Å². The van der Waals surface area contributed by atoms with Crippen LogP contribution in [0.5, 0.6) is 0 Å². The Kier molecular flexibility index (Phi) is 5.77. The number of methoxy groups -OCH3 is 1. The van der Waals surface area contributed by atoms with E-state index in [0.29, 0.717) is 28.4 Å². The normalized spacial score (nSPS) is 12.0. The Labute approximate surface area is 143 Å². The smallest absolute Gasteiger partial charge is 0.318 e. The number of hydrogen-bond donors (Lipinski definition) is 0. The van der Waals surface area contributed by atoms with E-state index in [2.05, 4.69) is 9.72 Å². The number of hydrogen-bond acceptors (Lipinski definition) is 5. The SMILES string of the molecule is COC(=O)[C@@H](C)Sc1nc(C)c(Cc2cccc(F)c2)c(=O)n1C. The second-order valence-corrected chi connectivity index (χ2v) is 6.72. The summed E-state index contributed by atoms with van der Waals surface area (Å²) in [6.07, 6.45) is 0.306. The highest BCUT2D eigenvalue weighted by Crippen LogP contribution is 2.22. The molecule has 0 bridgehead atoms. The van der Waals surface area contributed by atoms with Crippen LogP contribution < -0.4 is 5.56 Å². The Morgan fingerprint density at radius 2 is 2.17 bits per heavy atom. The molecule has 1 heterocycles. The van der Waals surface area contributed by atoms with Gasteiger partial charge in [0.15, 0.2) is 5.16 Å². The van der Waals surface area contributed by atoms with Crippen LogP contribution in [0, 0.1) is 12.7 Å². The molecule has 0 fully saturated rings. The summed E-state index contributed by atoms with van der Waals surface area (Å²) in [5.74, 6) is -0.718.